The summed E-state index contributed by atoms with van der Waals surface area (Å²) in [6.45, 7) is -0.0476. The van der Waals surface area contributed by atoms with Gasteiger partial charge in [0.1, 0.15) is 5.60 Å². The van der Waals surface area contributed by atoms with Crippen LogP contribution in [-0.4, -0.2) is 49.9 Å². The van der Waals surface area contributed by atoms with Gasteiger partial charge in [-0.05, 0) is 38.4 Å². The lowest BCUT2D eigenvalue weighted by Gasteiger charge is -2.45. The predicted octanol–water partition coefficient (Wildman–Crippen LogP) is 2.86. The number of ether oxygens (including phenoxy) is 2. The van der Waals surface area contributed by atoms with Crippen LogP contribution in [0.25, 0.3) is 0 Å². The van der Waals surface area contributed by atoms with Crippen LogP contribution >= 0.6 is 0 Å². The molecule has 0 spiro atoms. The van der Waals surface area contributed by atoms with Crippen LogP contribution in [0.1, 0.15) is 27.2 Å². The third kappa shape index (κ3) is 2.75. The second kappa shape index (κ2) is 4.82. The Morgan fingerprint density at radius 1 is 1.40 bits per heavy atom. The van der Waals surface area contributed by atoms with E-state index < -0.39 is 29.9 Å². The Morgan fingerprint density at radius 3 is 2.55 bits per heavy atom. The summed E-state index contributed by atoms with van der Waals surface area (Å²) in [5.41, 5.74) is -0.710. The van der Waals surface area contributed by atoms with Gasteiger partial charge in [-0.2, -0.15) is 0 Å². The number of hydrogen-bond acceptors (Lipinski definition) is 3. The number of amides is 1. The minimum Gasteiger partial charge on any atom is -0.448 e. The highest BCUT2D eigenvalue weighted by molar-refractivity contribution is 6.62. The van der Waals surface area contributed by atoms with Crippen molar-refractivity contribution in [3.63, 3.8) is 0 Å². The number of likely N-dealkylation sites (tertiary alicyclic amines) is 1. The maximum absolute atomic E-state index is 13.5. The molecule has 2 unspecified atom stereocenters. The molecule has 0 aromatic carbocycles. The van der Waals surface area contributed by atoms with E-state index in [0.29, 0.717) is 0 Å². The summed E-state index contributed by atoms with van der Waals surface area (Å²) in [4.78, 5) is 13.2. The largest absolute Gasteiger partial charge is 0.486 e. The van der Waals surface area contributed by atoms with E-state index in [2.05, 4.69) is 0 Å². The molecule has 2 rings (SSSR count). The quantitative estimate of drug-likeness (QED) is 0.698. The number of carbonyl (C=O) groups excluding carboxylic acids is 1. The van der Waals surface area contributed by atoms with Gasteiger partial charge < -0.3 is 27.3 Å². The molecule has 8 heteroatoms. The zero-order valence-corrected chi connectivity index (χ0v) is 12.0. The van der Waals surface area contributed by atoms with Crippen LogP contribution in [0.5, 0.6) is 0 Å². The molecule has 0 bridgehead atoms. The molecule has 0 aliphatic carbocycles. The fourth-order valence-corrected chi connectivity index (χ4v) is 2.99. The number of halogens is 3. The SMILES string of the molecule is CC(C)(C)OC(=O)N1CC2COCCC2([B-](F)(F)F)C1. The number of nitrogens with zero attached hydrogens (tertiary/aromatic N) is 1. The average molecular weight is 294 g/mol. The van der Waals surface area contributed by atoms with Gasteiger partial charge in [-0.3, -0.25) is 0 Å². The molecule has 20 heavy (non-hydrogen) atoms. The maximum Gasteiger partial charge on any atom is 0.486 e. The lowest BCUT2D eigenvalue weighted by Crippen LogP contribution is -2.47. The Bertz CT molecular complexity index is 396. The molecular weight excluding hydrogens is 274 g/mol. The van der Waals surface area contributed by atoms with Gasteiger partial charge in [-0.1, -0.05) is 0 Å². The molecule has 0 aromatic rings. The van der Waals surface area contributed by atoms with Crippen molar-refractivity contribution in [1.29, 1.82) is 0 Å². The van der Waals surface area contributed by atoms with Crippen molar-refractivity contribution in [1.82, 2.24) is 4.90 Å². The molecule has 0 aromatic heterocycles. The van der Waals surface area contributed by atoms with E-state index in [1.807, 2.05) is 0 Å². The molecular formula is C12H20BF3NO3-. The molecule has 0 radical (unpaired) electrons. The van der Waals surface area contributed by atoms with Crippen molar-refractivity contribution in [3.8, 4) is 0 Å². The van der Waals surface area contributed by atoms with Gasteiger partial charge in [0.15, 0.2) is 0 Å². The molecule has 2 heterocycles. The average Bonchev–Trinajstić information content (AvgIpc) is 2.66. The van der Waals surface area contributed by atoms with Crippen LogP contribution in [0.4, 0.5) is 17.7 Å². The lowest BCUT2D eigenvalue weighted by atomic mass is 9.51. The molecule has 2 saturated heterocycles. The van der Waals surface area contributed by atoms with Crippen molar-refractivity contribution in [2.75, 3.05) is 26.3 Å². The summed E-state index contributed by atoms with van der Waals surface area (Å²) in [6.07, 6.45) is -0.744. The van der Waals surface area contributed by atoms with Gasteiger partial charge >= 0.3 is 13.1 Å². The first-order chi connectivity index (χ1) is 9.05. The molecule has 2 aliphatic heterocycles. The van der Waals surface area contributed by atoms with Crippen molar-refractivity contribution in [3.05, 3.63) is 0 Å². The standard InChI is InChI=1S/C12H20BF3NO3/c1-11(2,3)20-10(18)17-6-9-7-19-5-4-12(9,8-17)13(14,15)16/h9H,4-8H2,1-3H3/q-1. The van der Waals surface area contributed by atoms with Gasteiger partial charge in [-0.25, -0.2) is 4.79 Å². The molecule has 116 valence electrons. The predicted molar refractivity (Wildman–Crippen MR) is 68.5 cm³/mol. The van der Waals surface area contributed by atoms with Crippen LogP contribution in [0, 0.1) is 5.92 Å². The number of fused-ring (bicyclic) bond motifs is 1. The topological polar surface area (TPSA) is 38.8 Å². The first kappa shape index (κ1) is 15.5. The third-order valence-corrected chi connectivity index (χ3v) is 4.07. The van der Waals surface area contributed by atoms with E-state index in [0.717, 1.165) is 0 Å². The second-order valence-electron chi connectivity index (χ2n) is 6.69. The van der Waals surface area contributed by atoms with Gasteiger partial charge in [0.25, 0.3) is 0 Å². The molecule has 0 saturated carbocycles. The van der Waals surface area contributed by atoms with Crippen molar-refractivity contribution in [2.24, 2.45) is 5.92 Å². The minimum atomic E-state index is -5.03. The minimum absolute atomic E-state index is 0.0518. The van der Waals surface area contributed by atoms with E-state index >= 15 is 0 Å². The summed E-state index contributed by atoms with van der Waals surface area (Å²) in [5, 5.41) is -1.78. The molecule has 0 N–H and O–H groups in total. The smallest absolute Gasteiger partial charge is 0.448 e. The monoisotopic (exact) mass is 294 g/mol. The molecule has 2 fully saturated rings. The fraction of sp³-hybridized carbons (Fsp3) is 0.917. The van der Waals surface area contributed by atoms with Crippen LogP contribution in [0.15, 0.2) is 0 Å². The molecule has 2 atom stereocenters. The summed E-state index contributed by atoms with van der Waals surface area (Å²) < 4.78 is 50.8. The molecule has 2 aliphatic rings. The van der Waals surface area contributed by atoms with E-state index in [4.69, 9.17) is 9.47 Å². The summed E-state index contributed by atoms with van der Waals surface area (Å²) >= 11 is 0. The number of rotatable bonds is 1. The van der Waals surface area contributed by atoms with E-state index in [1.54, 1.807) is 20.8 Å². The van der Waals surface area contributed by atoms with Gasteiger partial charge in [0.05, 0.1) is 0 Å². The first-order valence-corrected chi connectivity index (χ1v) is 6.80. The fourth-order valence-electron chi connectivity index (χ4n) is 2.99. The highest BCUT2D eigenvalue weighted by Gasteiger charge is 2.60. The van der Waals surface area contributed by atoms with Crippen LogP contribution in [0.3, 0.4) is 0 Å². The van der Waals surface area contributed by atoms with Crippen molar-refractivity contribution < 1.29 is 27.2 Å². The van der Waals surface area contributed by atoms with E-state index in [1.165, 1.54) is 4.90 Å². The highest BCUT2D eigenvalue weighted by Crippen LogP contribution is 2.56. The summed E-state index contributed by atoms with van der Waals surface area (Å²) in [6, 6.07) is 0. The number of carbonyl (C=O) groups is 1. The Kier molecular flexibility index (Phi) is 3.73. The lowest BCUT2D eigenvalue weighted by molar-refractivity contribution is 0.0268. The Balaban J connectivity index is 2.16. The third-order valence-electron chi connectivity index (χ3n) is 4.07. The maximum atomic E-state index is 13.5. The van der Waals surface area contributed by atoms with Gasteiger partial charge in [0, 0.05) is 26.3 Å². The Morgan fingerprint density at radius 2 is 2.05 bits per heavy atom. The van der Waals surface area contributed by atoms with Crippen LogP contribution in [0.2, 0.25) is 5.31 Å². The van der Waals surface area contributed by atoms with Gasteiger partial charge in [0.2, 0.25) is 0 Å². The summed E-state index contributed by atoms with van der Waals surface area (Å²) in [5.74, 6) is -0.677. The summed E-state index contributed by atoms with van der Waals surface area (Å²) in [7, 11) is 0. The van der Waals surface area contributed by atoms with Crippen LogP contribution in [-0.2, 0) is 9.47 Å². The normalized spacial score (nSPS) is 31.1. The van der Waals surface area contributed by atoms with Gasteiger partial charge in [-0.15, -0.1) is 0 Å². The molecule has 1 amide bonds. The van der Waals surface area contributed by atoms with Crippen molar-refractivity contribution in [2.45, 2.75) is 38.1 Å². The van der Waals surface area contributed by atoms with Crippen molar-refractivity contribution >= 4 is 13.1 Å². The van der Waals surface area contributed by atoms with E-state index in [-0.39, 0.29) is 32.7 Å². The molecule has 4 nitrogen and oxygen atoms in total. The highest BCUT2D eigenvalue weighted by atomic mass is 19.4. The first-order valence-electron chi connectivity index (χ1n) is 6.80. The zero-order chi connectivity index (χ0) is 15.2. The second-order valence-corrected chi connectivity index (χ2v) is 6.69. The van der Waals surface area contributed by atoms with E-state index in [9.17, 15) is 17.7 Å². The zero-order valence-electron chi connectivity index (χ0n) is 12.0. The Labute approximate surface area is 116 Å². The Hall–Kier alpha value is -0.915. The van der Waals surface area contributed by atoms with Crippen LogP contribution < -0.4 is 0 Å². The number of hydrogen-bond donors (Lipinski definition) is 0.